The number of rotatable bonds is 5. The molecule has 16 heavy (non-hydrogen) atoms. The summed E-state index contributed by atoms with van der Waals surface area (Å²) in [5, 5.41) is 13.9. The monoisotopic (exact) mass is 222 g/mol. The van der Waals surface area contributed by atoms with Crippen molar-refractivity contribution in [3.63, 3.8) is 0 Å². The first-order valence-electron chi connectivity index (χ1n) is 5.18. The van der Waals surface area contributed by atoms with Crippen LogP contribution >= 0.6 is 0 Å². The minimum absolute atomic E-state index is 0.461. The van der Waals surface area contributed by atoms with E-state index in [0.717, 1.165) is 12.8 Å². The molecule has 0 saturated heterocycles. The highest BCUT2D eigenvalue weighted by Gasteiger charge is 2.11. The molecule has 0 aliphatic heterocycles. The Kier molecular flexibility index (Phi) is 3.25. The van der Waals surface area contributed by atoms with Crippen molar-refractivity contribution in [3.05, 3.63) is 12.1 Å². The van der Waals surface area contributed by atoms with Gasteiger partial charge >= 0.3 is 0 Å². The van der Waals surface area contributed by atoms with Crippen LogP contribution in [0.1, 0.15) is 19.2 Å². The van der Waals surface area contributed by atoms with Crippen LogP contribution in [0.2, 0.25) is 0 Å². The maximum absolute atomic E-state index is 5.53. The minimum atomic E-state index is 0.461. The van der Waals surface area contributed by atoms with Gasteiger partial charge in [0.1, 0.15) is 0 Å². The molecule has 7 nitrogen and oxygen atoms in total. The van der Waals surface area contributed by atoms with Crippen LogP contribution in [0.15, 0.2) is 10.7 Å². The Hall–Kier alpha value is -1.76. The van der Waals surface area contributed by atoms with Gasteiger partial charge in [0.15, 0.2) is 5.69 Å². The van der Waals surface area contributed by atoms with E-state index in [-0.39, 0.29) is 0 Å². The molecular formula is C9H14N6O. The molecule has 0 aliphatic carbocycles. The molecule has 2 aromatic rings. The summed E-state index contributed by atoms with van der Waals surface area (Å²) in [6.45, 7) is 2.76. The highest BCUT2D eigenvalue weighted by molar-refractivity contribution is 5.44. The summed E-state index contributed by atoms with van der Waals surface area (Å²) < 4.78 is 5.10. The van der Waals surface area contributed by atoms with E-state index >= 15 is 0 Å². The number of aromatic nitrogens is 5. The highest BCUT2D eigenvalue weighted by atomic mass is 16.5. The Bertz CT molecular complexity index is 423. The van der Waals surface area contributed by atoms with E-state index in [4.69, 9.17) is 10.3 Å². The van der Waals surface area contributed by atoms with E-state index in [0.29, 0.717) is 29.9 Å². The lowest BCUT2D eigenvalue weighted by Crippen LogP contribution is -2.11. The second-order valence-corrected chi connectivity index (χ2v) is 3.75. The van der Waals surface area contributed by atoms with E-state index in [1.54, 1.807) is 6.20 Å². The summed E-state index contributed by atoms with van der Waals surface area (Å²) in [5.74, 6) is 1.53. The lowest BCUT2D eigenvalue weighted by Gasteiger charge is -2.03. The van der Waals surface area contributed by atoms with Crippen molar-refractivity contribution in [1.82, 2.24) is 25.6 Å². The van der Waals surface area contributed by atoms with Crippen molar-refractivity contribution >= 4 is 0 Å². The zero-order chi connectivity index (χ0) is 11.4. The van der Waals surface area contributed by atoms with Gasteiger partial charge in [0.05, 0.1) is 6.20 Å². The van der Waals surface area contributed by atoms with Crippen molar-refractivity contribution in [2.24, 2.45) is 11.7 Å². The molecule has 0 spiro atoms. The van der Waals surface area contributed by atoms with Gasteiger partial charge in [-0.3, -0.25) is 0 Å². The average Bonchev–Trinajstić information content (AvgIpc) is 2.95. The first-order valence-corrected chi connectivity index (χ1v) is 5.18. The third kappa shape index (κ3) is 2.43. The van der Waals surface area contributed by atoms with Gasteiger partial charge in [-0.05, 0) is 18.9 Å². The van der Waals surface area contributed by atoms with Gasteiger partial charge in [0.2, 0.25) is 11.7 Å². The minimum Gasteiger partial charge on any atom is -0.339 e. The molecule has 0 aromatic carbocycles. The van der Waals surface area contributed by atoms with E-state index in [2.05, 4.69) is 32.5 Å². The zero-order valence-corrected chi connectivity index (χ0v) is 9.05. The van der Waals surface area contributed by atoms with Crippen LogP contribution < -0.4 is 5.73 Å². The summed E-state index contributed by atoms with van der Waals surface area (Å²) in [4.78, 5) is 4.22. The maximum atomic E-state index is 5.53. The number of hydrogen-bond acceptors (Lipinski definition) is 6. The third-order valence-corrected chi connectivity index (χ3v) is 2.37. The maximum Gasteiger partial charge on any atom is 0.227 e. The highest BCUT2D eigenvalue weighted by Crippen LogP contribution is 2.12. The van der Waals surface area contributed by atoms with Crippen LogP contribution in [0.3, 0.4) is 0 Å². The number of aryl methyl sites for hydroxylation is 1. The molecule has 1 unspecified atom stereocenters. The predicted molar refractivity (Wildman–Crippen MR) is 56.2 cm³/mol. The van der Waals surface area contributed by atoms with Crippen LogP contribution in [0.4, 0.5) is 0 Å². The predicted octanol–water partition coefficient (Wildman–Crippen LogP) is 0.382. The fourth-order valence-corrected chi connectivity index (χ4v) is 1.26. The Balaban J connectivity index is 1.98. The summed E-state index contributed by atoms with van der Waals surface area (Å²) in [7, 11) is 0. The second-order valence-electron chi connectivity index (χ2n) is 3.75. The van der Waals surface area contributed by atoms with Crippen LogP contribution in [-0.4, -0.2) is 32.1 Å². The molecule has 2 heterocycles. The summed E-state index contributed by atoms with van der Waals surface area (Å²) in [6, 6.07) is 0. The van der Waals surface area contributed by atoms with Gasteiger partial charge in [-0.1, -0.05) is 12.1 Å². The molecule has 0 amide bonds. The van der Waals surface area contributed by atoms with Crippen molar-refractivity contribution in [3.8, 4) is 11.5 Å². The Morgan fingerprint density at radius 2 is 2.44 bits per heavy atom. The lowest BCUT2D eigenvalue weighted by molar-refractivity contribution is 0.366. The molecular weight excluding hydrogens is 208 g/mol. The Labute approximate surface area is 92.4 Å². The number of nitrogens with two attached hydrogens (primary N) is 1. The summed E-state index contributed by atoms with van der Waals surface area (Å²) >= 11 is 0. The molecule has 1 atom stereocenters. The molecule has 2 rings (SSSR count). The van der Waals surface area contributed by atoms with E-state index in [1.165, 1.54) is 0 Å². The Morgan fingerprint density at radius 1 is 1.56 bits per heavy atom. The number of aromatic amines is 1. The SMILES string of the molecule is CC(CN)CCc1nc(-c2cn[nH]n2)no1. The molecule has 86 valence electrons. The molecule has 0 radical (unpaired) electrons. The summed E-state index contributed by atoms with van der Waals surface area (Å²) in [6.07, 6.45) is 3.23. The van der Waals surface area contributed by atoms with E-state index in [1.807, 2.05) is 0 Å². The van der Waals surface area contributed by atoms with Gasteiger partial charge in [-0.25, -0.2) is 0 Å². The fourth-order valence-electron chi connectivity index (χ4n) is 1.26. The van der Waals surface area contributed by atoms with Gasteiger partial charge in [0, 0.05) is 6.42 Å². The van der Waals surface area contributed by atoms with Crippen molar-refractivity contribution in [2.45, 2.75) is 19.8 Å². The van der Waals surface area contributed by atoms with Crippen molar-refractivity contribution in [1.29, 1.82) is 0 Å². The van der Waals surface area contributed by atoms with Gasteiger partial charge in [-0.2, -0.15) is 20.4 Å². The molecule has 0 saturated carbocycles. The lowest BCUT2D eigenvalue weighted by atomic mass is 10.1. The van der Waals surface area contributed by atoms with Crippen LogP contribution in [0, 0.1) is 5.92 Å². The normalized spacial score (nSPS) is 12.9. The number of nitrogens with one attached hydrogen (secondary N) is 1. The largest absolute Gasteiger partial charge is 0.339 e. The summed E-state index contributed by atoms with van der Waals surface area (Å²) in [5.41, 5.74) is 6.11. The average molecular weight is 222 g/mol. The van der Waals surface area contributed by atoms with Crippen molar-refractivity contribution in [2.75, 3.05) is 6.54 Å². The second kappa shape index (κ2) is 4.84. The first kappa shape index (κ1) is 10.7. The Morgan fingerprint density at radius 3 is 3.12 bits per heavy atom. The van der Waals surface area contributed by atoms with Crippen LogP contribution in [0.5, 0.6) is 0 Å². The quantitative estimate of drug-likeness (QED) is 0.757. The first-order chi connectivity index (χ1) is 7.79. The van der Waals surface area contributed by atoms with Crippen molar-refractivity contribution < 1.29 is 4.52 Å². The van der Waals surface area contributed by atoms with Gasteiger partial charge in [0.25, 0.3) is 0 Å². The molecule has 3 N–H and O–H groups in total. The number of hydrogen-bond donors (Lipinski definition) is 2. The van der Waals surface area contributed by atoms with Crippen LogP contribution in [-0.2, 0) is 6.42 Å². The standard InChI is InChI=1S/C9H14N6O/c1-6(4-10)2-3-8-12-9(14-16-8)7-5-11-15-13-7/h5-6H,2-4,10H2,1H3,(H,11,13,15). The number of H-pyrrole nitrogens is 1. The molecule has 0 bridgehead atoms. The molecule has 0 fully saturated rings. The van der Waals surface area contributed by atoms with Crippen LogP contribution in [0.25, 0.3) is 11.5 Å². The topological polar surface area (TPSA) is 107 Å². The smallest absolute Gasteiger partial charge is 0.227 e. The fraction of sp³-hybridized carbons (Fsp3) is 0.556. The van der Waals surface area contributed by atoms with E-state index in [9.17, 15) is 0 Å². The molecule has 7 heteroatoms. The third-order valence-electron chi connectivity index (χ3n) is 2.37. The number of nitrogens with zero attached hydrogens (tertiary/aromatic N) is 4. The molecule has 0 aliphatic rings. The van der Waals surface area contributed by atoms with Gasteiger partial charge in [-0.15, -0.1) is 0 Å². The molecule has 2 aromatic heterocycles. The zero-order valence-electron chi connectivity index (χ0n) is 9.05. The van der Waals surface area contributed by atoms with Gasteiger partial charge < -0.3 is 10.3 Å². The van der Waals surface area contributed by atoms with E-state index < -0.39 is 0 Å².